The maximum absolute atomic E-state index is 12.9. The highest BCUT2D eigenvalue weighted by molar-refractivity contribution is 8.18. The largest absolute Gasteiger partial charge is 0.486 e. The van der Waals surface area contributed by atoms with Gasteiger partial charge in [0, 0.05) is 6.54 Å². The van der Waals surface area contributed by atoms with Crippen LogP contribution < -0.4 is 4.74 Å². The molecule has 0 spiro atoms. The molecule has 0 unspecified atom stereocenters. The van der Waals surface area contributed by atoms with E-state index in [9.17, 15) is 9.59 Å². The van der Waals surface area contributed by atoms with Crippen LogP contribution in [0.15, 0.2) is 59.5 Å². The summed E-state index contributed by atoms with van der Waals surface area (Å²) in [7, 11) is 0. The number of carbonyl (C=O) groups excluding carboxylic acids is 2. The van der Waals surface area contributed by atoms with Gasteiger partial charge in [0.15, 0.2) is 5.75 Å². The lowest BCUT2D eigenvalue weighted by molar-refractivity contribution is -0.123. The number of ether oxygens (including phenoxy) is 1. The minimum absolute atomic E-state index is 0.209. The van der Waals surface area contributed by atoms with Crippen LogP contribution in [0.5, 0.6) is 5.75 Å². The number of fused-ring (bicyclic) bond motifs is 1. The fourth-order valence-corrected chi connectivity index (χ4v) is 6.27. The molecule has 0 N–H and O–H groups in total. The Morgan fingerprint density at radius 2 is 1.69 bits per heavy atom. The number of nitrogens with zero attached hydrogens (tertiary/aromatic N) is 1. The predicted molar refractivity (Wildman–Crippen MR) is 144 cm³/mol. The molecule has 0 radical (unpaired) electrons. The Kier molecular flexibility index (Phi) is 7.37. The summed E-state index contributed by atoms with van der Waals surface area (Å²) in [5, 5.41) is 2.75. The first-order valence-corrected chi connectivity index (χ1v) is 13.4. The van der Waals surface area contributed by atoms with Crippen molar-refractivity contribution >= 4 is 63.0 Å². The number of halogens is 2. The molecule has 1 heterocycles. The molecule has 2 fully saturated rings. The lowest BCUT2D eigenvalue weighted by Gasteiger charge is -2.25. The molecule has 3 aromatic rings. The first-order valence-electron chi connectivity index (χ1n) is 11.8. The summed E-state index contributed by atoms with van der Waals surface area (Å²) in [5.74, 6) is 0.552. The van der Waals surface area contributed by atoms with E-state index in [1.165, 1.54) is 24.2 Å². The van der Waals surface area contributed by atoms with Gasteiger partial charge in [0.1, 0.15) is 6.61 Å². The van der Waals surface area contributed by atoms with E-state index in [2.05, 4.69) is 18.2 Å². The molecule has 5 rings (SSSR count). The normalized spacial score (nSPS) is 18.1. The van der Waals surface area contributed by atoms with E-state index in [0.717, 1.165) is 40.9 Å². The van der Waals surface area contributed by atoms with Crippen LogP contribution in [0.25, 0.3) is 16.8 Å². The van der Waals surface area contributed by atoms with Gasteiger partial charge in [0.25, 0.3) is 11.1 Å². The maximum Gasteiger partial charge on any atom is 0.293 e. The van der Waals surface area contributed by atoms with Crippen LogP contribution in [0.2, 0.25) is 10.0 Å². The Bertz CT molecular complexity index is 1290. The van der Waals surface area contributed by atoms with Crippen LogP contribution >= 0.6 is 35.0 Å². The second-order valence-corrected chi connectivity index (χ2v) is 10.8. The number of carbonyl (C=O) groups is 2. The fourth-order valence-electron chi connectivity index (χ4n) is 4.81. The van der Waals surface area contributed by atoms with Gasteiger partial charge in [-0.15, -0.1) is 0 Å². The van der Waals surface area contributed by atoms with Crippen molar-refractivity contribution in [3.8, 4) is 5.75 Å². The third kappa shape index (κ3) is 5.37. The zero-order valence-corrected chi connectivity index (χ0v) is 21.5. The minimum atomic E-state index is -0.242. The molecule has 1 aliphatic heterocycles. The van der Waals surface area contributed by atoms with Crippen LogP contribution in [0, 0.1) is 5.92 Å². The van der Waals surface area contributed by atoms with Gasteiger partial charge in [-0.2, -0.15) is 0 Å². The van der Waals surface area contributed by atoms with Crippen molar-refractivity contribution in [2.45, 2.75) is 38.7 Å². The van der Waals surface area contributed by atoms with Gasteiger partial charge in [-0.1, -0.05) is 84.9 Å². The molecule has 0 bridgehead atoms. The summed E-state index contributed by atoms with van der Waals surface area (Å²) in [6.07, 6.45) is 7.41. The number of imide groups is 1. The molecule has 7 heteroatoms. The average molecular weight is 526 g/mol. The zero-order valence-electron chi connectivity index (χ0n) is 19.1. The van der Waals surface area contributed by atoms with Crippen molar-refractivity contribution < 1.29 is 14.3 Å². The summed E-state index contributed by atoms with van der Waals surface area (Å²) in [4.78, 5) is 27.2. The lowest BCUT2D eigenvalue weighted by Crippen LogP contribution is -2.34. The van der Waals surface area contributed by atoms with Crippen molar-refractivity contribution in [3.63, 3.8) is 0 Å². The number of hydrogen-bond donors (Lipinski definition) is 0. The molecule has 35 heavy (non-hydrogen) atoms. The van der Waals surface area contributed by atoms with E-state index in [1.807, 2.05) is 24.3 Å². The Morgan fingerprint density at radius 3 is 2.46 bits per heavy atom. The van der Waals surface area contributed by atoms with Crippen LogP contribution in [-0.4, -0.2) is 22.6 Å². The molecule has 2 aliphatic rings. The molecular formula is C28H25Cl2NO3S. The van der Waals surface area contributed by atoms with Crippen molar-refractivity contribution in [2.75, 3.05) is 6.54 Å². The van der Waals surface area contributed by atoms with E-state index in [0.29, 0.717) is 45.3 Å². The van der Waals surface area contributed by atoms with Gasteiger partial charge in [-0.25, -0.2) is 0 Å². The van der Waals surface area contributed by atoms with Gasteiger partial charge in [0.2, 0.25) is 0 Å². The summed E-state index contributed by atoms with van der Waals surface area (Å²) in [6.45, 7) is 0.824. The highest BCUT2D eigenvalue weighted by Crippen LogP contribution is 2.39. The second-order valence-electron chi connectivity index (χ2n) is 9.04. The molecule has 3 aromatic carbocycles. The van der Waals surface area contributed by atoms with E-state index in [-0.39, 0.29) is 11.1 Å². The molecule has 1 saturated carbocycles. The fraction of sp³-hybridized carbons (Fsp3) is 0.286. The minimum Gasteiger partial charge on any atom is -0.486 e. The maximum atomic E-state index is 12.9. The molecule has 4 nitrogen and oxygen atoms in total. The number of benzene rings is 3. The number of rotatable bonds is 6. The zero-order chi connectivity index (χ0) is 24.4. The standard InChI is InChI=1S/C28H25Cl2NO3S/c29-23-13-19(15-25-27(32)31(28(33)35-25)16-18-7-2-1-3-8-18)14-24(30)26(23)34-17-21-11-6-10-20-9-4-5-12-22(20)21/h4-6,9-15,18H,1-3,7-8,16-17H2/b25-15+. The lowest BCUT2D eigenvalue weighted by atomic mass is 9.89. The third-order valence-electron chi connectivity index (χ3n) is 6.61. The van der Waals surface area contributed by atoms with Gasteiger partial charge in [-0.05, 0) is 70.6 Å². The van der Waals surface area contributed by atoms with E-state index < -0.39 is 0 Å². The topological polar surface area (TPSA) is 46.6 Å². The first kappa shape index (κ1) is 24.2. The number of thioether (sulfide) groups is 1. The monoisotopic (exact) mass is 525 g/mol. The van der Waals surface area contributed by atoms with Gasteiger partial charge in [0.05, 0.1) is 15.0 Å². The Morgan fingerprint density at radius 1 is 0.971 bits per heavy atom. The van der Waals surface area contributed by atoms with Crippen LogP contribution in [0.1, 0.15) is 43.2 Å². The van der Waals surface area contributed by atoms with Crippen LogP contribution in [-0.2, 0) is 11.4 Å². The van der Waals surface area contributed by atoms with Crippen molar-refractivity contribution in [1.29, 1.82) is 0 Å². The smallest absolute Gasteiger partial charge is 0.293 e. The van der Waals surface area contributed by atoms with Crippen LogP contribution in [0.3, 0.4) is 0 Å². The van der Waals surface area contributed by atoms with E-state index in [4.69, 9.17) is 27.9 Å². The summed E-state index contributed by atoms with van der Waals surface area (Å²) in [6, 6.07) is 17.6. The molecule has 1 aliphatic carbocycles. The summed E-state index contributed by atoms with van der Waals surface area (Å²) < 4.78 is 6.01. The SMILES string of the molecule is O=C1S/C(=C/c2cc(Cl)c(OCc3cccc4ccccc34)c(Cl)c2)C(=O)N1CC1CCCCC1. The third-order valence-corrected chi connectivity index (χ3v) is 8.08. The highest BCUT2D eigenvalue weighted by Gasteiger charge is 2.36. The van der Waals surface area contributed by atoms with E-state index in [1.54, 1.807) is 18.2 Å². The summed E-state index contributed by atoms with van der Waals surface area (Å²) in [5.41, 5.74) is 1.69. The van der Waals surface area contributed by atoms with E-state index >= 15 is 0 Å². The Hall–Kier alpha value is -2.47. The molecule has 2 amide bonds. The van der Waals surface area contributed by atoms with Gasteiger partial charge < -0.3 is 4.74 Å². The average Bonchev–Trinajstić information content (AvgIpc) is 3.11. The molecule has 0 aromatic heterocycles. The van der Waals surface area contributed by atoms with Crippen LogP contribution in [0.4, 0.5) is 4.79 Å². The number of hydrogen-bond acceptors (Lipinski definition) is 4. The van der Waals surface area contributed by atoms with Gasteiger partial charge >= 0.3 is 0 Å². The molecular weight excluding hydrogens is 501 g/mol. The molecule has 1 saturated heterocycles. The Balaban J connectivity index is 1.31. The highest BCUT2D eigenvalue weighted by atomic mass is 35.5. The Labute approximate surface area is 219 Å². The summed E-state index contributed by atoms with van der Waals surface area (Å²) >= 11 is 14.0. The van der Waals surface area contributed by atoms with Gasteiger partial charge in [-0.3, -0.25) is 14.5 Å². The molecule has 180 valence electrons. The second kappa shape index (κ2) is 10.7. The first-order chi connectivity index (χ1) is 17.0. The predicted octanol–water partition coefficient (Wildman–Crippen LogP) is 8.34. The van der Waals surface area contributed by atoms with Crippen molar-refractivity contribution in [1.82, 2.24) is 4.90 Å². The quantitative estimate of drug-likeness (QED) is 0.303. The van der Waals surface area contributed by atoms with Crippen molar-refractivity contribution in [2.24, 2.45) is 5.92 Å². The van der Waals surface area contributed by atoms with Crippen molar-refractivity contribution in [3.05, 3.63) is 80.7 Å². The number of amides is 2. The molecule has 0 atom stereocenters.